The summed E-state index contributed by atoms with van der Waals surface area (Å²) < 4.78 is 27.6. The maximum absolute atomic E-state index is 13.0. The second kappa shape index (κ2) is 10.7. The van der Waals surface area contributed by atoms with Gasteiger partial charge in [-0.25, -0.2) is 8.42 Å². The van der Waals surface area contributed by atoms with Crippen LogP contribution >= 0.6 is 0 Å². The van der Waals surface area contributed by atoms with Gasteiger partial charge in [0.2, 0.25) is 15.9 Å². The van der Waals surface area contributed by atoms with Crippen molar-refractivity contribution in [2.45, 2.75) is 81.6 Å². The lowest BCUT2D eigenvalue weighted by Crippen LogP contribution is -2.53. The molecule has 1 saturated carbocycles. The number of nitrogens with zero attached hydrogens (tertiary/aromatic N) is 2. The van der Waals surface area contributed by atoms with Gasteiger partial charge in [0.25, 0.3) is 0 Å². The van der Waals surface area contributed by atoms with Gasteiger partial charge in [0.15, 0.2) is 0 Å². The normalized spacial score (nSPS) is 20.9. The van der Waals surface area contributed by atoms with Gasteiger partial charge < -0.3 is 10.2 Å². The molecule has 0 bridgehead atoms. The first kappa shape index (κ1) is 25.2. The van der Waals surface area contributed by atoms with Crippen LogP contribution in [-0.2, 0) is 14.8 Å². The van der Waals surface area contributed by atoms with Crippen LogP contribution < -0.4 is 5.32 Å². The van der Waals surface area contributed by atoms with E-state index in [1.165, 1.54) is 30.0 Å². The summed E-state index contributed by atoms with van der Waals surface area (Å²) in [7, 11) is 0.726. The topological polar surface area (TPSA) is 69.7 Å². The lowest BCUT2D eigenvalue weighted by Gasteiger charge is -2.40. The molecule has 1 amide bonds. The van der Waals surface area contributed by atoms with Crippen LogP contribution in [0.2, 0.25) is 0 Å². The molecule has 1 N–H and O–H groups in total. The van der Waals surface area contributed by atoms with E-state index in [9.17, 15) is 13.2 Å². The maximum Gasteiger partial charge on any atom is 0.243 e. The van der Waals surface area contributed by atoms with Crippen molar-refractivity contribution in [3.05, 3.63) is 29.8 Å². The number of carbonyl (C=O) groups excluding carboxylic acids is 1. The third-order valence-electron chi connectivity index (χ3n) is 7.58. The average molecular weight is 464 g/mol. The minimum atomic E-state index is -3.51. The summed E-state index contributed by atoms with van der Waals surface area (Å²) in [5.74, 6) is 0.328. The Kier molecular flexibility index (Phi) is 8.39. The van der Waals surface area contributed by atoms with Crippen LogP contribution in [0.1, 0.15) is 76.7 Å². The molecular formula is C25H41N3O3S. The number of nitrogens with one attached hydrogen (secondary N) is 1. The lowest BCUT2D eigenvalue weighted by atomic mass is 9.88. The summed E-state index contributed by atoms with van der Waals surface area (Å²) in [6, 6.07) is 7.20. The molecule has 0 atom stereocenters. The molecule has 3 rings (SSSR count). The minimum Gasteiger partial charge on any atom is -0.354 e. The van der Waals surface area contributed by atoms with Crippen LogP contribution in [0.5, 0.6) is 0 Å². The van der Waals surface area contributed by atoms with E-state index < -0.39 is 10.0 Å². The van der Waals surface area contributed by atoms with Gasteiger partial charge >= 0.3 is 0 Å². The molecule has 180 valence electrons. The van der Waals surface area contributed by atoms with Crippen molar-refractivity contribution in [3.63, 3.8) is 0 Å². The van der Waals surface area contributed by atoms with Crippen molar-refractivity contribution >= 4 is 15.9 Å². The molecule has 1 aromatic rings. The van der Waals surface area contributed by atoms with Crippen LogP contribution in [0.4, 0.5) is 0 Å². The molecule has 2 aliphatic rings. The van der Waals surface area contributed by atoms with Gasteiger partial charge in [-0.05, 0) is 63.4 Å². The van der Waals surface area contributed by atoms with Crippen LogP contribution in [-0.4, -0.2) is 62.8 Å². The van der Waals surface area contributed by atoms with E-state index in [0.29, 0.717) is 43.3 Å². The highest BCUT2D eigenvalue weighted by Gasteiger charge is 2.36. The molecule has 0 spiro atoms. The Hall–Kier alpha value is -1.44. The van der Waals surface area contributed by atoms with E-state index >= 15 is 0 Å². The molecule has 0 aromatic heterocycles. The number of rotatable bonds is 7. The van der Waals surface area contributed by atoms with Crippen molar-refractivity contribution in [1.29, 1.82) is 0 Å². The number of hydrogen-bond donors (Lipinski definition) is 1. The first-order chi connectivity index (χ1) is 15.2. The summed E-state index contributed by atoms with van der Waals surface area (Å²) in [5.41, 5.74) is 1.17. The van der Waals surface area contributed by atoms with E-state index in [2.05, 4.69) is 38.2 Å². The first-order valence-electron chi connectivity index (χ1n) is 12.2. The third-order valence-corrected chi connectivity index (χ3v) is 9.50. The van der Waals surface area contributed by atoms with Gasteiger partial charge in [-0.2, -0.15) is 4.31 Å². The van der Waals surface area contributed by atoms with E-state index in [1.807, 2.05) is 12.1 Å². The minimum absolute atomic E-state index is 0.0400. The number of amides is 1. The Bertz CT molecular complexity index is 849. The SMILES string of the molecule is CC(C)c1ccc(S(=O)(=O)N2CCC(C(=O)NCC3(N(C)C)CCCCCC3)CC2)cc1. The average Bonchev–Trinajstić information content (AvgIpc) is 3.04. The van der Waals surface area contributed by atoms with Gasteiger partial charge in [0.1, 0.15) is 0 Å². The van der Waals surface area contributed by atoms with Gasteiger partial charge in [-0.15, -0.1) is 0 Å². The van der Waals surface area contributed by atoms with Gasteiger partial charge in [-0.1, -0.05) is 51.7 Å². The van der Waals surface area contributed by atoms with Crippen molar-refractivity contribution < 1.29 is 13.2 Å². The number of sulfonamides is 1. The highest BCUT2D eigenvalue weighted by molar-refractivity contribution is 7.89. The summed E-state index contributed by atoms with van der Waals surface area (Å²) >= 11 is 0. The Morgan fingerprint density at radius 1 is 1.06 bits per heavy atom. The van der Waals surface area contributed by atoms with Crippen molar-refractivity contribution in [2.75, 3.05) is 33.7 Å². The lowest BCUT2D eigenvalue weighted by molar-refractivity contribution is -0.126. The Labute approximate surface area is 194 Å². The number of piperidine rings is 1. The van der Waals surface area contributed by atoms with E-state index in [0.717, 1.165) is 18.4 Å². The van der Waals surface area contributed by atoms with Crippen LogP contribution in [0.15, 0.2) is 29.2 Å². The molecule has 0 unspecified atom stereocenters. The number of carbonyl (C=O) groups is 1. The molecular weight excluding hydrogens is 422 g/mol. The Morgan fingerprint density at radius 2 is 1.62 bits per heavy atom. The predicted octanol–water partition coefficient (Wildman–Crippen LogP) is 3.98. The second-order valence-corrected chi connectivity index (χ2v) is 12.1. The van der Waals surface area contributed by atoms with Crippen LogP contribution in [0.25, 0.3) is 0 Å². The smallest absolute Gasteiger partial charge is 0.243 e. The van der Waals surface area contributed by atoms with E-state index in [-0.39, 0.29) is 17.4 Å². The fraction of sp³-hybridized carbons (Fsp3) is 0.720. The number of likely N-dealkylation sites (N-methyl/N-ethyl adjacent to an activating group) is 1. The molecule has 32 heavy (non-hydrogen) atoms. The zero-order valence-corrected chi connectivity index (χ0v) is 21.1. The third kappa shape index (κ3) is 5.72. The number of hydrogen-bond acceptors (Lipinski definition) is 4. The molecule has 1 aromatic carbocycles. The summed E-state index contributed by atoms with van der Waals surface area (Å²) in [4.78, 5) is 15.6. The molecule has 1 heterocycles. The summed E-state index contributed by atoms with van der Waals surface area (Å²) in [5, 5.41) is 3.23. The molecule has 1 saturated heterocycles. The molecule has 6 nitrogen and oxygen atoms in total. The van der Waals surface area contributed by atoms with Gasteiger partial charge in [0.05, 0.1) is 4.90 Å². The van der Waals surface area contributed by atoms with Crippen LogP contribution in [0.3, 0.4) is 0 Å². The Balaban J connectivity index is 1.55. The standard InChI is InChI=1S/C25H41N3O3S/c1-20(2)21-9-11-23(12-10-21)32(30,31)28-17-13-22(14-18-28)24(29)26-19-25(27(3)4)15-7-5-6-8-16-25/h9-12,20,22H,5-8,13-19H2,1-4H3,(H,26,29). The number of benzene rings is 1. The summed E-state index contributed by atoms with van der Waals surface area (Å²) in [6.07, 6.45) is 8.35. The monoisotopic (exact) mass is 463 g/mol. The zero-order valence-electron chi connectivity index (χ0n) is 20.3. The molecule has 2 fully saturated rings. The van der Waals surface area contributed by atoms with Crippen molar-refractivity contribution in [3.8, 4) is 0 Å². The van der Waals surface area contributed by atoms with Gasteiger partial charge in [0, 0.05) is 31.1 Å². The first-order valence-corrected chi connectivity index (χ1v) is 13.6. The quantitative estimate of drug-likeness (QED) is 0.621. The second-order valence-electron chi connectivity index (χ2n) is 10.2. The van der Waals surface area contributed by atoms with E-state index in [4.69, 9.17) is 0 Å². The fourth-order valence-electron chi connectivity index (χ4n) is 5.10. The molecule has 1 aliphatic carbocycles. The zero-order chi connectivity index (χ0) is 23.4. The van der Waals surface area contributed by atoms with E-state index in [1.54, 1.807) is 12.1 Å². The van der Waals surface area contributed by atoms with Crippen molar-refractivity contribution in [2.24, 2.45) is 5.92 Å². The van der Waals surface area contributed by atoms with Crippen LogP contribution in [0, 0.1) is 5.92 Å². The van der Waals surface area contributed by atoms with Gasteiger partial charge in [-0.3, -0.25) is 4.79 Å². The van der Waals surface area contributed by atoms with Crippen molar-refractivity contribution in [1.82, 2.24) is 14.5 Å². The molecule has 0 radical (unpaired) electrons. The fourth-order valence-corrected chi connectivity index (χ4v) is 6.57. The highest BCUT2D eigenvalue weighted by atomic mass is 32.2. The summed E-state index contributed by atoms with van der Waals surface area (Å²) in [6.45, 7) is 5.65. The highest BCUT2D eigenvalue weighted by Crippen LogP contribution is 2.31. The predicted molar refractivity (Wildman–Crippen MR) is 129 cm³/mol. The molecule has 1 aliphatic heterocycles. The maximum atomic E-state index is 13.0. The largest absolute Gasteiger partial charge is 0.354 e. The molecule has 7 heteroatoms. The Morgan fingerprint density at radius 3 is 2.12 bits per heavy atom.